The van der Waals surface area contributed by atoms with Crippen molar-refractivity contribution in [2.24, 2.45) is 0 Å². The maximum absolute atomic E-state index is 9.30. The zero-order valence-electron chi connectivity index (χ0n) is 46.2. The Labute approximate surface area is 435 Å². The molecule has 7 nitrogen and oxygen atoms in total. The first-order chi connectivity index (χ1) is 36.3. The summed E-state index contributed by atoms with van der Waals surface area (Å²) in [5, 5.41) is 5.20. The van der Waals surface area contributed by atoms with Crippen LogP contribution in [0.25, 0.3) is 67.2 Å². The molecule has 71 heavy (non-hydrogen) atoms. The third kappa shape index (κ3) is 8.52. The van der Waals surface area contributed by atoms with Crippen molar-refractivity contribution < 1.29 is 30.9 Å². The Hall–Kier alpha value is -7.28. The van der Waals surface area contributed by atoms with E-state index in [1.54, 1.807) is 0 Å². The number of fused-ring (bicyclic) bond motifs is 4. The Morgan fingerprint density at radius 1 is 0.620 bits per heavy atom. The molecule has 4 heterocycles. The molecule has 7 aromatic carbocycles. The molecule has 354 valence electrons. The molecule has 11 rings (SSSR count). The number of nitrogens with zero attached hydrogens (tertiary/aromatic N) is 6. The Bertz CT molecular complexity index is 3940. The molecule has 0 aliphatic carbocycles. The number of aryl methyl sites for hydroxylation is 1. The molecule has 0 unspecified atom stereocenters. The Morgan fingerprint density at radius 2 is 1.28 bits per heavy atom. The van der Waals surface area contributed by atoms with Crippen molar-refractivity contribution in [2.75, 3.05) is 4.81 Å². The topological polar surface area (TPSA) is 53.0 Å². The van der Waals surface area contributed by atoms with Crippen LogP contribution in [-0.4, -0.2) is 30.8 Å². The molecule has 9 heteroatoms. The second-order valence-corrected chi connectivity index (χ2v) is 21.4. The monoisotopic (exact) mass is 1110 g/mol. The number of anilines is 2. The van der Waals surface area contributed by atoms with Crippen LogP contribution >= 0.6 is 0 Å². The molecule has 0 spiro atoms. The normalized spacial score (nSPS) is 13.6. The molecule has 10 aromatic rings. The first kappa shape index (κ1) is 40.5. The fraction of sp³-hybridized carbons (Fsp3) is 0.177. The van der Waals surface area contributed by atoms with Crippen molar-refractivity contribution in [2.45, 2.75) is 72.5 Å². The van der Waals surface area contributed by atoms with Crippen LogP contribution in [0.1, 0.15) is 72.0 Å². The third-order valence-electron chi connectivity index (χ3n) is 13.4. The average molecular weight is 1110 g/mol. The van der Waals surface area contributed by atoms with Crippen molar-refractivity contribution in [1.29, 1.82) is 0 Å². The van der Waals surface area contributed by atoms with Crippen LogP contribution in [0.5, 0.6) is 11.5 Å². The Morgan fingerprint density at radius 3 is 1.97 bits per heavy atom. The number of hydrogen-bond acceptors (Lipinski definition) is 4. The minimum absolute atomic E-state index is 0.134. The van der Waals surface area contributed by atoms with Crippen LogP contribution in [0, 0.1) is 10.7 Å². The second-order valence-electron chi connectivity index (χ2n) is 20.4. The Kier molecular flexibility index (Phi) is 10.3. The van der Waals surface area contributed by atoms with Crippen molar-refractivity contribution in [3.8, 4) is 67.6 Å². The fourth-order valence-electron chi connectivity index (χ4n) is 9.76. The molecule has 1 aliphatic heterocycles. The summed E-state index contributed by atoms with van der Waals surface area (Å²) >= 11 is 2.37. The maximum atomic E-state index is 9.30. The van der Waals surface area contributed by atoms with E-state index in [0.29, 0.717) is 22.7 Å². The van der Waals surface area contributed by atoms with Gasteiger partial charge < -0.3 is 0 Å². The van der Waals surface area contributed by atoms with Gasteiger partial charge in [0, 0.05) is 11.8 Å². The molecule has 0 radical (unpaired) electrons. The van der Waals surface area contributed by atoms with Gasteiger partial charge in [0.1, 0.15) is 0 Å². The summed E-state index contributed by atoms with van der Waals surface area (Å²) in [4.78, 5) is 7.17. The average Bonchev–Trinajstić information content (AvgIpc) is 4.09. The van der Waals surface area contributed by atoms with E-state index in [0.717, 1.165) is 77.6 Å². The zero-order valence-corrected chi connectivity index (χ0v) is 43.5. The van der Waals surface area contributed by atoms with E-state index < -0.39 is 6.04 Å². The van der Waals surface area contributed by atoms with Gasteiger partial charge >= 0.3 is 359 Å². The summed E-state index contributed by atoms with van der Waals surface area (Å²) in [6, 6.07) is 50.0. The van der Waals surface area contributed by atoms with Crippen LogP contribution in [0.3, 0.4) is 0 Å². The molecular formula is C62H57BN6OPt. The molecule has 1 aliphatic rings. The molecule has 0 amide bonds. The first-order valence-corrected chi connectivity index (χ1v) is 25.3. The van der Waals surface area contributed by atoms with Gasteiger partial charge in [0.15, 0.2) is 0 Å². The predicted molar refractivity (Wildman–Crippen MR) is 290 cm³/mol. The van der Waals surface area contributed by atoms with Gasteiger partial charge in [-0.2, -0.15) is 5.10 Å². The van der Waals surface area contributed by atoms with E-state index in [2.05, 4.69) is 172 Å². The van der Waals surface area contributed by atoms with E-state index in [4.69, 9.17) is 18.9 Å². The summed E-state index contributed by atoms with van der Waals surface area (Å²) < 4.78 is 58.9. The molecular weight excluding hydrogens is 1050 g/mol. The van der Waals surface area contributed by atoms with Gasteiger partial charge in [-0.3, -0.25) is 0 Å². The molecule has 3 aromatic heterocycles. The van der Waals surface area contributed by atoms with Gasteiger partial charge in [-0.05, 0) is 18.6 Å². The van der Waals surface area contributed by atoms with Crippen molar-refractivity contribution in [1.82, 2.24) is 23.8 Å². The molecule has 0 N–H and O–H groups in total. The van der Waals surface area contributed by atoms with Crippen molar-refractivity contribution >= 4 is 29.5 Å². The summed E-state index contributed by atoms with van der Waals surface area (Å²) in [7, 11) is 0. The van der Waals surface area contributed by atoms with E-state index in [1.807, 2.05) is 79.0 Å². The van der Waals surface area contributed by atoms with Crippen molar-refractivity contribution in [3.63, 3.8) is 0 Å². The number of para-hydroxylation sites is 3. The van der Waals surface area contributed by atoms with E-state index in [-0.39, 0.29) is 47.5 Å². The number of ether oxygens (including phenoxy) is 1. The van der Waals surface area contributed by atoms with Crippen molar-refractivity contribution in [3.05, 3.63) is 209 Å². The number of pyridine rings is 1. The van der Waals surface area contributed by atoms with E-state index >= 15 is 0 Å². The van der Waals surface area contributed by atoms with Gasteiger partial charge in [0.2, 0.25) is 0 Å². The number of rotatable bonds is 9. The van der Waals surface area contributed by atoms with Gasteiger partial charge in [0.05, 0.1) is 5.69 Å². The standard InChI is InChI=1S/C62H57BN6O.Pt/c1-9-63-68(59-34-42(2)32-33-64-59)57-39-50(30-31-53(57)58-40-54(65-69(58)63)44-22-14-11-15-23-44)70-49-25-18-24-48(38-49)66-41-67(56-29-17-16-28-55(56)66)60-51(43-20-12-10-13-21-43)26-19-27-52(60)45-35-46(61(3,4)5)37-47(36-45)62(6,7)8;/h10-40H,9H2,1-8H3;/i10D,12D,13D,20D,21D;. The van der Waals surface area contributed by atoms with Crippen LogP contribution in [-0.2, 0) is 30.2 Å². The predicted octanol–water partition coefficient (Wildman–Crippen LogP) is 16.0. The van der Waals surface area contributed by atoms with E-state index in [9.17, 15) is 2.74 Å². The summed E-state index contributed by atoms with van der Waals surface area (Å²) in [5.74, 6) is 2.11. The van der Waals surface area contributed by atoms with E-state index in [1.165, 1.54) is 11.1 Å². The SMILES string of the molecule is [2H]c1c([2H])c([2H])c(-c2cccc(-c3cc(C(C)(C)C)cc(C(C)(C)C)c3)c2-n2[c](=[Pt])n(-c3cccc(Oc4ccc5c(c4)N(c4cc(C)ccn4)B(CC)n4nc(-c6ccccc6)cc4-5)c3)c3ccccc32)c([2H])c1[2H]. The summed E-state index contributed by atoms with van der Waals surface area (Å²) in [6.07, 6.45) is 2.62. The first-order valence-electron chi connectivity index (χ1n) is 26.7. The molecule has 0 atom stereocenters. The quantitative estimate of drug-likeness (QED) is 0.135. The molecule has 0 saturated heterocycles. The molecule has 0 saturated carbocycles. The van der Waals surface area contributed by atoms with Gasteiger partial charge in [-0.15, -0.1) is 0 Å². The fourth-order valence-corrected chi connectivity index (χ4v) is 10.9. The number of benzene rings is 7. The molecule has 0 bridgehead atoms. The van der Waals surface area contributed by atoms with Crippen LogP contribution in [0.4, 0.5) is 11.5 Å². The third-order valence-corrected chi connectivity index (χ3v) is 14.4. The van der Waals surface area contributed by atoms with Crippen LogP contribution in [0.15, 0.2) is 188 Å². The summed E-state index contributed by atoms with van der Waals surface area (Å²) in [6.45, 7) is 17.4. The van der Waals surface area contributed by atoms with Crippen LogP contribution in [0.2, 0.25) is 6.32 Å². The summed E-state index contributed by atoms with van der Waals surface area (Å²) in [5.41, 5.74) is 13.8. The number of aromatic nitrogens is 5. The van der Waals surface area contributed by atoms with Gasteiger partial charge in [0.25, 0.3) is 0 Å². The van der Waals surface area contributed by atoms with Crippen LogP contribution < -0.4 is 9.55 Å². The Balaban J connectivity index is 1.08. The second kappa shape index (κ2) is 18.2. The molecule has 0 fully saturated rings. The number of imidazole rings is 1. The zero-order chi connectivity index (χ0) is 53.5. The minimum atomic E-state index is -0.434. The van der Waals surface area contributed by atoms with Gasteiger partial charge in [-0.1, -0.05) is 37.3 Å². The van der Waals surface area contributed by atoms with Gasteiger partial charge in [-0.25, -0.2) is 0 Å². The number of hydrogen-bond donors (Lipinski definition) is 0.